The minimum absolute atomic E-state index is 0.0880. The molecule has 1 aliphatic heterocycles. The number of fused-ring (bicyclic) bond motifs is 1. The van der Waals surface area contributed by atoms with Crippen molar-refractivity contribution in [2.24, 2.45) is 0 Å². The van der Waals surface area contributed by atoms with Crippen molar-refractivity contribution in [2.45, 2.75) is 38.8 Å². The number of aryl methyl sites for hydroxylation is 1. The number of pyridine rings is 3. The lowest BCUT2D eigenvalue weighted by molar-refractivity contribution is 0.0945. The summed E-state index contributed by atoms with van der Waals surface area (Å²) in [7, 11) is 0. The Bertz CT molecular complexity index is 1250. The second kappa shape index (κ2) is 8.90. The minimum atomic E-state index is -0.613. The van der Waals surface area contributed by atoms with Gasteiger partial charge in [-0.15, -0.1) is 0 Å². The summed E-state index contributed by atoms with van der Waals surface area (Å²) < 4.78 is 14.6. The van der Waals surface area contributed by atoms with E-state index in [2.05, 4.69) is 25.2 Å². The second-order valence-corrected chi connectivity index (χ2v) is 8.74. The third kappa shape index (κ3) is 4.73. The zero-order valence-electron chi connectivity index (χ0n) is 18.6. The average molecular weight is 451 g/mol. The maximum atomic E-state index is 14.6. The van der Waals surface area contributed by atoms with E-state index in [0.717, 1.165) is 42.6 Å². The van der Waals surface area contributed by atoms with Crippen molar-refractivity contribution in [1.29, 1.82) is 0 Å². The number of hydrogen-bond donors (Lipinski definition) is 2. The lowest BCUT2D eigenvalue weighted by atomic mass is 10.1. The van der Waals surface area contributed by atoms with Crippen molar-refractivity contribution in [2.75, 3.05) is 31.1 Å². The molecular weight excluding hydrogens is 423 g/mol. The van der Waals surface area contributed by atoms with Crippen LogP contribution in [0.1, 0.15) is 41.5 Å². The number of anilines is 1. The molecule has 1 amide bonds. The van der Waals surface area contributed by atoms with Crippen LogP contribution in [0.15, 0.2) is 35.1 Å². The molecule has 33 heavy (non-hydrogen) atoms. The first-order chi connectivity index (χ1) is 16.0. The maximum absolute atomic E-state index is 14.6. The number of amides is 1. The zero-order valence-corrected chi connectivity index (χ0v) is 18.6. The summed E-state index contributed by atoms with van der Waals surface area (Å²) in [5.41, 5.74) is 2.70. The van der Waals surface area contributed by atoms with Crippen molar-refractivity contribution in [3.63, 3.8) is 0 Å². The molecule has 8 nitrogen and oxygen atoms in total. The van der Waals surface area contributed by atoms with Gasteiger partial charge in [-0.25, -0.2) is 9.97 Å². The van der Waals surface area contributed by atoms with Gasteiger partial charge in [-0.1, -0.05) is 6.92 Å². The van der Waals surface area contributed by atoms with E-state index in [0.29, 0.717) is 37.4 Å². The van der Waals surface area contributed by atoms with Crippen molar-refractivity contribution >= 4 is 22.6 Å². The number of hydrogen-bond acceptors (Lipinski definition) is 6. The zero-order chi connectivity index (χ0) is 22.9. The van der Waals surface area contributed by atoms with Crippen molar-refractivity contribution < 1.29 is 9.18 Å². The lowest BCUT2D eigenvalue weighted by Gasteiger charge is -2.35. The van der Waals surface area contributed by atoms with Gasteiger partial charge in [0, 0.05) is 49.7 Å². The minimum Gasteiger partial charge on any atom is -0.365 e. The molecule has 2 N–H and O–H groups in total. The molecule has 4 heterocycles. The highest BCUT2D eigenvalue weighted by atomic mass is 19.1. The van der Waals surface area contributed by atoms with Crippen molar-refractivity contribution in [3.8, 4) is 0 Å². The largest absolute Gasteiger partial charge is 0.365 e. The molecule has 172 valence electrons. The Hall–Kier alpha value is -3.33. The van der Waals surface area contributed by atoms with E-state index in [9.17, 15) is 14.0 Å². The fourth-order valence-electron chi connectivity index (χ4n) is 4.17. The highest BCUT2D eigenvalue weighted by Gasteiger charge is 2.26. The highest BCUT2D eigenvalue weighted by Crippen LogP contribution is 2.22. The first-order valence-corrected chi connectivity index (χ1v) is 11.5. The monoisotopic (exact) mass is 450 g/mol. The van der Waals surface area contributed by atoms with Crippen LogP contribution in [-0.4, -0.2) is 58.0 Å². The van der Waals surface area contributed by atoms with Gasteiger partial charge in [0.05, 0.1) is 11.4 Å². The molecule has 9 heteroatoms. The summed E-state index contributed by atoms with van der Waals surface area (Å²) in [6.07, 6.45) is 2.63. The number of nitrogens with zero attached hydrogens (tertiary/aromatic N) is 4. The molecule has 0 aromatic carbocycles. The number of nitrogens with one attached hydrogen (secondary N) is 2. The predicted octanol–water partition coefficient (Wildman–Crippen LogP) is 2.23. The molecule has 0 spiro atoms. The van der Waals surface area contributed by atoms with Crippen LogP contribution in [0.3, 0.4) is 0 Å². The lowest BCUT2D eigenvalue weighted by Crippen LogP contribution is -2.46. The Morgan fingerprint density at radius 2 is 1.94 bits per heavy atom. The van der Waals surface area contributed by atoms with Crippen LogP contribution < -0.4 is 15.8 Å². The van der Waals surface area contributed by atoms with Crippen LogP contribution in [0, 0.1) is 5.95 Å². The van der Waals surface area contributed by atoms with E-state index in [1.54, 1.807) is 12.1 Å². The summed E-state index contributed by atoms with van der Waals surface area (Å²) in [5, 5.41) is 3.76. The van der Waals surface area contributed by atoms with E-state index >= 15 is 0 Å². The molecule has 0 unspecified atom stereocenters. The molecular formula is C24H27FN6O2. The number of aromatic nitrogens is 3. The Morgan fingerprint density at radius 1 is 1.15 bits per heavy atom. The van der Waals surface area contributed by atoms with Gasteiger partial charge in [0.2, 0.25) is 5.95 Å². The van der Waals surface area contributed by atoms with Gasteiger partial charge in [-0.2, -0.15) is 4.39 Å². The number of rotatable bonds is 6. The molecule has 2 aliphatic rings. The summed E-state index contributed by atoms with van der Waals surface area (Å²) in [6, 6.07) is 9.32. The Morgan fingerprint density at radius 3 is 2.64 bits per heavy atom. The Labute approximate surface area is 190 Å². The van der Waals surface area contributed by atoms with Crippen molar-refractivity contribution in [1.82, 2.24) is 25.2 Å². The SMILES string of the molecule is CCc1cc2ccc(CN3CCN(c4ccc(C(=O)NC5CC5)nc4F)CC3)nc2[nH]c1=O. The van der Waals surface area contributed by atoms with Crippen molar-refractivity contribution in [3.05, 3.63) is 63.6 Å². The standard InChI is InChI=1S/C24H27FN6O2/c1-2-15-13-16-3-4-18(26-22(16)29-23(15)32)14-30-9-11-31(12-10-30)20-8-7-19(28-21(20)25)24(33)27-17-5-6-17/h3-4,7-8,13,17H,2,5-6,9-12,14H2,1H3,(H,27,33)(H,26,29,32). The first-order valence-electron chi connectivity index (χ1n) is 11.5. The van der Waals surface area contributed by atoms with Gasteiger partial charge in [0.15, 0.2) is 0 Å². The van der Waals surface area contributed by atoms with Gasteiger partial charge >= 0.3 is 0 Å². The molecule has 0 bridgehead atoms. The molecule has 3 aromatic rings. The third-order valence-electron chi connectivity index (χ3n) is 6.29. The van der Waals surface area contributed by atoms with Gasteiger partial charge in [0.25, 0.3) is 11.5 Å². The number of carbonyl (C=O) groups excluding carboxylic acids is 1. The number of carbonyl (C=O) groups is 1. The molecule has 1 aliphatic carbocycles. The fraction of sp³-hybridized carbons (Fsp3) is 0.417. The third-order valence-corrected chi connectivity index (χ3v) is 6.29. The summed E-state index contributed by atoms with van der Waals surface area (Å²) in [6.45, 7) is 5.40. The van der Waals surface area contributed by atoms with Crippen LogP contribution in [0.2, 0.25) is 0 Å². The van der Waals surface area contributed by atoms with E-state index in [1.165, 1.54) is 0 Å². The molecule has 3 aromatic heterocycles. The molecule has 0 radical (unpaired) electrons. The number of halogens is 1. The smallest absolute Gasteiger partial charge is 0.270 e. The van der Waals surface area contributed by atoms with Gasteiger partial charge in [0.1, 0.15) is 11.3 Å². The van der Waals surface area contributed by atoms with E-state index in [1.807, 2.05) is 30.0 Å². The van der Waals surface area contributed by atoms with Crippen LogP contribution in [0.4, 0.5) is 10.1 Å². The van der Waals surface area contributed by atoms with Gasteiger partial charge in [-0.05, 0) is 49.6 Å². The molecule has 0 atom stereocenters. The molecule has 1 saturated carbocycles. The normalized spacial score (nSPS) is 16.8. The molecule has 1 saturated heterocycles. The van der Waals surface area contributed by atoms with Crippen LogP contribution in [-0.2, 0) is 13.0 Å². The second-order valence-electron chi connectivity index (χ2n) is 8.74. The number of H-pyrrole nitrogens is 1. The molecule has 2 fully saturated rings. The quantitative estimate of drug-likeness (QED) is 0.560. The van der Waals surface area contributed by atoms with E-state index < -0.39 is 5.95 Å². The van der Waals surface area contributed by atoms with Gasteiger partial charge in [-0.3, -0.25) is 14.5 Å². The predicted molar refractivity (Wildman–Crippen MR) is 124 cm³/mol. The Kier molecular flexibility index (Phi) is 5.80. The summed E-state index contributed by atoms with van der Waals surface area (Å²) in [5.74, 6) is -0.929. The van der Waals surface area contributed by atoms with Crippen LogP contribution in [0.5, 0.6) is 0 Å². The van der Waals surface area contributed by atoms with Crippen LogP contribution in [0.25, 0.3) is 11.0 Å². The van der Waals surface area contributed by atoms with Gasteiger partial charge < -0.3 is 15.2 Å². The number of aromatic amines is 1. The maximum Gasteiger partial charge on any atom is 0.270 e. The Balaban J connectivity index is 1.21. The topological polar surface area (TPSA) is 94.2 Å². The van der Waals surface area contributed by atoms with Crippen LogP contribution >= 0.6 is 0 Å². The number of piperazine rings is 1. The molecule has 5 rings (SSSR count). The van der Waals surface area contributed by atoms with E-state index in [4.69, 9.17) is 0 Å². The fourth-order valence-corrected chi connectivity index (χ4v) is 4.17. The highest BCUT2D eigenvalue weighted by molar-refractivity contribution is 5.92. The average Bonchev–Trinajstić information content (AvgIpc) is 3.63. The first kappa shape index (κ1) is 21.5. The summed E-state index contributed by atoms with van der Waals surface area (Å²) in [4.78, 5) is 39.8. The van der Waals surface area contributed by atoms with E-state index in [-0.39, 0.29) is 23.2 Å². The summed E-state index contributed by atoms with van der Waals surface area (Å²) >= 11 is 0.